The summed E-state index contributed by atoms with van der Waals surface area (Å²) in [5, 5.41) is 10.1. The number of aliphatic carboxylic acids is 1. The van der Waals surface area contributed by atoms with Crippen LogP contribution in [-0.4, -0.2) is 97.0 Å². The Balaban J connectivity index is 1.14. The van der Waals surface area contributed by atoms with Crippen LogP contribution in [0.5, 0.6) is 5.75 Å². The lowest BCUT2D eigenvalue weighted by atomic mass is 9.80. The quantitative estimate of drug-likeness (QED) is 0.397. The summed E-state index contributed by atoms with van der Waals surface area (Å²) in [7, 11) is 0. The molecule has 3 fully saturated rings. The molecule has 1 aromatic heterocycles. The van der Waals surface area contributed by atoms with Crippen LogP contribution in [0.3, 0.4) is 0 Å². The number of carboxylic acid groups (broad SMARTS) is 1. The molecule has 1 aromatic carbocycles. The van der Waals surface area contributed by atoms with E-state index in [1.807, 2.05) is 0 Å². The molecule has 3 N–H and O–H groups in total. The predicted octanol–water partition coefficient (Wildman–Crippen LogP) is 4.42. The van der Waals surface area contributed by atoms with Gasteiger partial charge < -0.3 is 30.3 Å². The Morgan fingerprint density at radius 3 is 2.11 bits per heavy atom. The molecule has 5 heterocycles. The largest absolute Gasteiger partial charge is 0.486 e. The Hall–Kier alpha value is -3.11. The van der Waals surface area contributed by atoms with Gasteiger partial charge in [0.25, 0.3) is 0 Å². The summed E-state index contributed by atoms with van der Waals surface area (Å²) >= 11 is 0. The number of nitrogens with two attached hydrogens (primary N) is 1. The first-order valence-corrected chi connectivity index (χ1v) is 17.3. The molecule has 2 unspecified atom stereocenters. The summed E-state index contributed by atoms with van der Waals surface area (Å²) in [5.41, 5.74) is 10.8. The Bertz CT molecular complexity index is 1350. The van der Waals surface area contributed by atoms with Crippen LogP contribution in [0.4, 0.5) is 17.6 Å². The highest BCUT2D eigenvalue weighted by Crippen LogP contribution is 2.44. The summed E-state index contributed by atoms with van der Waals surface area (Å²) in [5.74, 6) is 2.71. The van der Waals surface area contributed by atoms with Crippen molar-refractivity contribution in [2.24, 2.45) is 5.73 Å². The first-order chi connectivity index (χ1) is 21.7. The third-order valence-corrected chi connectivity index (χ3v) is 10.8. The van der Waals surface area contributed by atoms with E-state index in [9.17, 15) is 9.90 Å². The zero-order valence-electron chi connectivity index (χ0n) is 27.9. The Labute approximate surface area is 268 Å². The number of rotatable bonds is 10. The molecule has 0 saturated carbocycles. The van der Waals surface area contributed by atoms with Crippen molar-refractivity contribution in [2.45, 2.75) is 90.6 Å². The standard InChI is InChI=1S/C35H53N7O3/c1-24-25(2)32-27(26(3)31(24)28(33(43)44)10-9-13-36)11-12-35(4,45-32)23-39-18-20-41(21-19-39)30-22-29(40-14-5-6-15-40)37-34(38-30)42-16-7-8-17-42/h22,28H,5-21,23,36H2,1-4H3,(H,43,44). The topological polar surface area (TPSA) is 111 Å². The molecule has 10 nitrogen and oxygen atoms in total. The molecule has 4 aliphatic rings. The van der Waals surface area contributed by atoms with Crippen LogP contribution in [0.25, 0.3) is 0 Å². The van der Waals surface area contributed by atoms with Gasteiger partial charge in [-0.15, -0.1) is 0 Å². The third kappa shape index (κ3) is 6.59. The van der Waals surface area contributed by atoms with Crippen molar-refractivity contribution in [2.75, 3.05) is 80.1 Å². The third-order valence-electron chi connectivity index (χ3n) is 10.8. The number of fused-ring (bicyclic) bond motifs is 1. The van der Waals surface area contributed by atoms with E-state index in [2.05, 4.69) is 53.4 Å². The van der Waals surface area contributed by atoms with E-state index in [-0.39, 0.29) is 5.60 Å². The monoisotopic (exact) mass is 619 g/mol. The minimum atomic E-state index is -0.767. The van der Waals surface area contributed by atoms with Crippen molar-refractivity contribution in [1.82, 2.24) is 14.9 Å². The summed E-state index contributed by atoms with van der Waals surface area (Å²) in [6, 6.07) is 2.22. The van der Waals surface area contributed by atoms with E-state index in [0.717, 1.165) is 117 Å². The van der Waals surface area contributed by atoms with Gasteiger partial charge in [-0.05, 0) is 113 Å². The van der Waals surface area contributed by atoms with Gasteiger partial charge >= 0.3 is 5.97 Å². The molecule has 4 aliphatic heterocycles. The lowest BCUT2D eigenvalue weighted by molar-refractivity contribution is -0.139. The molecule has 0 bridgehead atoms. The fourth-order valence-electron chi connectivity index (χ4n) is 8.03. The van der Waals surface area contributed by atoms with Crippen LogP contribution in [0.1, 0.15) is 85.6 Å². The highest BCUT2D eigenvalue weighted by Gasteiger charge is 2.38. The molecule has 0 aliphatic carbocycles. The fourth-order valence-corrected chi connectivity index (χ4v) is 8.03. The van der Waals surface area contributed by atoms with E-state index >= 15 is 0 Å². The SMILES string of the molecule is Cc1c(C)c(C(CCCN)C(=O)O)c(C)c2c1OC(C)(CN1CCN(c3cc(N4CCCC4)nc(N4CCCC4)n3)CC1)CC2. The number of carboxylic acids is 1. The van der Waals surface area contributed by atoms with E-state index in [0.29, 0.717) is 19.4 Å². The molecule has 0 spiro atoms. The van der Waals surface area contributed by atoms with Gasteiger partial charge in [0.05, 0.1) is 5.92 Å². The first-order valence-electron chi connectivity index (χ1n) is 17.3. The van der Waals surface area contributed by atoms with Gasteiger partial charge in [-0.1, -0.05) is 0 Å². The summed E-state index contributed by atoms with van der Waals surface area (Å²) in [4.78, 5) is 32.2. The summed E-state index contributed by atoms with van der Waals surface area (Å²) in [6.07, 6.45) is 7.97. The van der Waals surface area contributed by atoms with Crippen molar-refractivity contribution in [3.63, 3.8) is 0 Å². The van der Waals surface area contributed by atoms with Crippen molar-refractivity contribution in [1.29, 1.82) is 0 Å². The van der Waals surface area contributed by atoms with Gasteiger partial charge in [0.1, 0.15) is 23.0 Å². The van der Waals surface area contributed by atoms with Crippen LogP contribution in [-0.2, 0) is 11.2 Å². The maximum atomic E-state index is 12.3. The maximum Gasteiger partial charge on any atom is 0.310 e. The molecule has 2 atom stereocenters. The second-order valence-electron chi connectivity index (χ2n) is 14.0. The number of carbonyl (C=O) groups is 1. The summed E-state index contributed by atoms with van der Waals surface area (Å²) in [6.45, 7) is 17.9. The van der Waals surface area contributed by atoms with Crippen molar-refractivity contribution in [3.05, 3.63) is 33.9 Å². The minimum Gasteiger partial charge on any atom is -0.486 e. The highest BCUT2D eigenvalue weighted by atomic mass is 16.5. The minimum absolute atomic E-state index is 0.299. The fraction of sp³-hybridized carbons (Fsp3) is 0.686. The van der Waals surface area contributed by atoms with Crippen molar-refractivity contribution in [3.8, 4) is 5.75 Å². The average Bonchev–Trinajstić information content (AvgIpc) is 3.77. The lowest BCUT2D eigenvalue weighted by Gasteiger charge is -2.43. The second kappa shape index (κ2) is 13.3. The number of hydrogen-bond acceptors (Lipinski definition) is 9. The first kappa shape index (κ1) is 31.9. The van der Waals surface area contributed by atoms with Crippen molar-refractivity contribution >= 4 is 23.6 Å². The molecular formula is C35H53N7O3. The van der Waals surface area contributed by atoms with Crippen LogP contribution in [0.15, 0.2) is 6.07 Å². The van der Waals surface area contributed by atoms with Crippen LogP contribution < -0.4 is 25.2 Å². The molecule has 3 saturated heterocycles. The van der Waals surface area contributed by atoms with Gasteiger partial charge in [-0.3, -0.25) is 9.69 Å². The number of hydrogen-bond donors (Lipinski definition) is 2. The number of nitrogens with zero attached hydrogens (tertiary/aromatic N) is 6. The van der Waals surface area contributed by atoms with E-state index in [4.69, 9.17) is 20.4 Å². The molecule has 6 rings (SSSR count). The van der Waals surface area contributed by atoms with E-state index < -0.39 is 11.9 Å². The van der Waals surface area contributed by atoms with Crippen LogP contribution in [0, 0.1) is 20.8 Å². The van der Waals surface area contributed by atoms with Crippen LogP contribution >= 0.6 is 0 Å². The molecule has 45 heavy (non-hydrogen) atoms. The van der Waals surface area contributed by atoms with E-state index in [1.165, 1.54) is 31.2 Å². The molecular weight excluding hydrogens is 566 g/mol. The highest BCUT2D eigenvalue weighted by molar-refractivity contribution is 5.78. The second-order valence-corrected chi connectivity index (χ2v) is 14.0. The number of anilines is 3. The smallest absolute Gasteiger partial charge is 0.310 e. The number of benzene rings is 1. The van der Waals surface area contributed by atoms with Gasteiger partial charge in [0.2, 0.25) is 5.95 Å². The summed E-state index contributed by atoms with van der Waals surface area (Å²) < 4.78 is 6.89. The van der Waals surface area contributed by atoms with Gasteiger partial charge in [-0.2, -0.15) is 9.97 Å². The zero-order chi connectivity index (χ0) is 31.7. The molecule has 2 aromatic rings. The van der Waals surface area contributed by atoms with Gasteiger partial charge in [-0.25, -0.2) is 0 Å². The normalized spacial score (nSPS) is 22.9. The van der Waals surface area contributed by atoms with Gasteiger partial charge in [0, 0.05) is 65.0 Å². The van der Waals surface area contributed by atoms with Gasteiger partial charge in [0.15, 0.2) is 0 Å². The Morgan fingerprint density at radius 2 is 1.51 bits per heavy atom. The Kier molecular flexibility index (Phi) is 9.43. The molecule has 246 valence electrons. The van der Waals surface area contributed by atoms with E-state index in [1.54, 1.807) is 0 Å². The average molecular weight is 620 g/mol. The molecule has 0 amide bonds. The number of ether oxygens (including phenoxy) is 1. The lowest BCUT2D eigenvalue weighted by Crippen LogP contribution is -2.54. The van der Waals surface area contributed by atoms with Crippen LogP contribution in [0.2, 0.25) is 0 Å². The Morgan fingerprint density at radius 1 is 0.911 bits per heavy atom. The number of aromatic nitrogens is 2. The van der Waals surface area contributed by atoms with Crippen molar-refractivity contribution < 1.29 is 14.6 Å². The number of piperazine rings is 1. The predicted molar refractivity (Wildman–Crippen MR) is 180 cm³/mol. The maximum absolute atomic E-state index is 12.3. The zero-order valence-corrected chi connectivity index (χ0v) is 27.9. The molecule has 0 radical (unpaired) electrons. The molecule has 10 heteroatoms.